The minimum absolute atomic E-state index is 0. The average Bonchev–Trinajstić information content (AvgIpc) is 3.23. The lowest BCUT2D eigenvalue weighted by Crippen LogP contribution is -2.50. The number of hydrogen-bond acceptors (Lipinski definition) is 7. The van der Waals surface area contributed by atoms with E-state index in [1.165, 1.54) is 26.2 Å². The van der Waals surface area contributed by atoms with Gasteiger partial charge in [-0.05, 0) is 72.8 Å². The van der Waals surface area contributed by atoms with E-state index in [-0.39, 0.29) is 33.1 Å². The number of anilines is 2. The monoisotopic (exact) mass is 789 g/mol. The maximum absolute atomic E-state index is 12.6. The van der Waals surface area contributed by atoms with Crippen molar-refractivity contribution in [2.75, 3.05) is 64.0 Å². The van der Waals surface area contributed by atoms with Crippen molar-refractivity contribution in [3.8, 4) is 0 Å². The third-order valence-electron chi connectivity index (χ3n) is 11.3. The minimum atomic E-state index is -3.39. The third-order valence-corrected chi connectivity index (χ3v) is 13.3. The summed E-state index contributed by atoms with van der Waals surface area (Å²) in [6, 6.07) is 42.1. The van der Waals surface area contributed by atoms with E-state index in [1.807, 2.05) is 36.7 Å². The molecule has 0 unspecified atom stereocenters. The van der Waals surface area contributed by atoms with E-state index in [0.717, 1.165) is 67.7 Å². The van der Waals surface area contributed by atoms with Gasteiger partial charge in [0.15, 0.2) is 0 Å². The summed E-state index contributed by atoms with van der Waals surface area (Å²) in [7, 11) is -0.223. The van der Waals surface area contributed by atoms with Gasteiger partial charge in [-0.25, -0.2) is 9.97 Å². The fourth-order valence-electron chi connectivity index (χ4n) is 8.03. The summed E-state index contributed by atoms with van der Waals surface area (Å²) < 4.78 is 28.0. The second-order valence-corrected chi connectivity index (χ2v) is 16.8. The molecule has 2 saturated heterocycles. The summed E-state index contributed by atoms with van der Waals surface area (Å²) in [4.78, 5) is 9.16. The number of nitrogens with one attached hydrogen (secondary N) is 3. The lowest BCUT2D eigenvalue weighted by atomic mass is 9.73. The Morgan fingerprint density at radius 1 is 0.596 bits per heavy atom. The predicted molar refractivity (Wildman–Crippen MR) is 242 cm³/mol. The first-order valence-electron chi connectivity index (χ1n) is 18.9. The van der Waals surface area contributed by atoms with E-state index >= 15 is 0 Å². The number of fused-ring (bicyclic) bond motifs is 2. The van der Waals surface area contributed by atoms with Crippen LogP contribution in [0.15, 0.2) is 134 Å². The molecular formula is C47H63N7O2S. The SMILES string of the molecule is C.C.C.CN(C)S(=O)(=O)N1CCC(CNc2nccc3ccccc23)(c2ccccc2)CC1.c1ccc(C2(CNc3nccc4ccccc34)CCNCC2)cc1. The van der Waals surface area contributed by atoms with E-state index in [2.05, 4.69) is 123 Å². The molecule has 4 heterocycles. The highest BCUT2D eigenvalue weighted by Crippen LogP contribution is 2.38. The molecule has 8 rings (SSSR count). The van der Waals surface area contributed by atoms with Crippen LogP contribution in [0.1, 0.15) is 59.1 Å². The van der Waals surface area contributed by atoms with Crippen molar-refractivity contribution < 1.29 is 8.42 Å². The summed E-state index contributed by atoms with van der Waals surface area (Å²) in [6.45, 7) is 4.76. The zero-order valence-electron chi connectivity index (χ0n) is 31.3. The molecule has 0 amide bonds. The molecule has 9 nitrogen and oxygen atoms in total. The van der Waals surface area contributed by atoms with Crippen LogP contribution in [0.4, 0.5) is 11.6 Å². The van der Waals surface area contributed by atoms with Crippen LogP contribution in [0.5, 0.6) is 0 Å². The molecule has 10 heteroatoms. The Labute approximate surface area is 342 Å². The van der Waals surface area contributed by atoms with Crippen molar-refractivity contribution in [3.63, 3.8) is 0 Å². The summed E-state index contributed by atoms with van der Waals surface area (Å²) in [6.07, 6.45) is 7.52. The highest BCUT2D eigenvalue weighted by Gasteiger charge is 2.40. The number of piperidine rings is 2. The molecule has 6 aromatic rings. The second kappa shape index (κ2) is 20.0. The molecule has 57 heavy (non-hydrogen) atoms. The number of benzene rings is 4. The smallest absolute Gasteiger partial charge is 0.281 e. The zero-order chi connectivity index (χ0) is 37.4. The van der Waals surface area contributed by atoms with Gasteiger partial charge in [-0.15, -0.1) is 0 Å². The number of aromatic nitrogens is 2. The summed E-state index contributed by atoms with van der Waals surface area (Å²) in [5.41, 5.74) is 2.68. The first kappa shape index (κ1) is 44.8. The van der Waals surface area contributed by atoms with E-state index < -0.39 is 10.2 Å². The van der Waals surface area contributed by atoms with Gasteiger partial charge in [-0.2, -0.15) is 17.0 Å². The predicted octanol–water partition coefficient (Wildman–Crippen LogP) is 9.36. The van der Waals surface area contributed by atoms with Crippen LogP contribution in [0.3, 0.4) is 0 Å². The molecule has 4 aromatic carbocycles. The Kier molecular flexibility index (Phi) is 15.7. The molecule has 2 aliphatic heterocycles. The standard InChI is InChI=1S/C23H28N4O2S.C21H23N3.3CH4/c1-26(2)30(28,29)27-16-13-23(14-17-27,20-9-4-3-5-10-20)18-25-22-21-11-7-6-8-19(21)12-15-24-22;1-2-7-18(8-3-1)21(11-14-22-15-12-21)16-24-20-19-9-5-4-6-17(19)10-13-23-20;;;/h3-12,15H,13-14,16-18H2,1-2H3,(H,24,25);1-10,13,22H,11-12,14-16H2,(H,23,24);3*1H4. The zero-order valence-corrected chi connectivity index (χ0v) is 32.1. The molecule has 2 fully saturated rings. The van der Waals surface area contributed by atoms with Crippen molar-refractivity contribution in [1.29, 1.82) is 0 Å². The van der Waals surface area contributed by atoms with Crippen molar-refractivity contribution >= 4 is 43.4 Å². The maximum Gasteiger partial charge on any atom is 0.281 e. The Balaban J connectivity index is 0.000000245. The Hall–Kier alpha value is -4.87. The largest absolute Gasteiger partial charge is 0.369 e. The van der Waals surface area contributed by atoms with Gasteiger partial charge < -0.3 is 16.0 Å². The Bertz CT molecular complexity index is 2230. The molecule has 0 bridgehead atoms. The Morgan fingerprint density at radius 2 is 1.00 bits per heavy atom. The highest BCUT2D eigenvalue weighted by atomic mass is 32.2. The van der Waals surface area contributed by atoms with E-state index in [0.29, 0.717) is 19.6 Å². The molecule has 2 aromatic heterocycles. The van der Waals surface area contributed by atoms with Crippen LogP contribution in [0.25, 0.3) is 21.5 Å². The van der Waals surface area contributed by atoms with Gasteiger partial charge in [0.2, 0.25) is 0 Å². The topological polar surface area (TPSA) is 102 Å². The van der Waals surface area contributed by atoms with Crippen LogP contribution in [-0.4, -0.2) is 80.4 Å². The van der Waals surface area contributed by atoms with Gasteiger partial charge in [-0.3, -0.25) is 0 Å². The van der Waals surface area contributed by atoms with Gasteiger partial charge in [0.05, 0.1) is 0 Å². The summed E-state index contributed by atoms with van der Waals surface area (Å²) >= 11 is 0. The van der Waals surface area contributed by atoms with Crippen LogP contribution in [0, 0.1) is 0 Å². The van der Waals surface area contributed by atoms with Crippen LogP contribution >= 0.6 is 0 Å². The molecule has 304 valence electrons. The second-order valence-electron chi connectivity index (χ2n) is 14.7. The number of pyridine rings is 2. The average molecular weight is 790 g/mol. The fourth-order valence-corrected chi connectivity index (χ4v) is 9.13. The molecule has 0 spiro atoms. The number of hydrogen-bond donors (Lipinski definition) is 3. The minimum Gasteiger partial charge on any atom is -0.369 e. The van der Waals surface area contributed by atoms with Gasteiger partial charge in [-0.1, -0.05) is 131 Å². The molecule has 3 N–H and O–H groups in total. The fraction of sp³-hybridized carbons (Fsp3) is 0.362. The van der Waals surface area contributed by atoms with Crippen LogP contribution < -0.4 is 16.0 Å². The Morgan fingerprint density at radius 3 is 1.44 bits per heavy atom. The molecule has 0 atom stereocenters. The van der Waals surface area contributed by atoms with Crippen LogP contribution in [-0.2, 0) is 21.0 Å². The van der Waals surface area contributed by atoms with Crippen LogP contribution in [0.2, 0.25) is 0 Å². The van der Waals surface area contributed by atoms with E-state index in [4.69, 9.17) is 0 Å². The van der Waals surface area contributed by atoms with E-state index in [1.54, 1.807) is 18.4 Å². The molecule has 0 aliphatic carbocycles. The van der Waals surface area contributed by atoms with Crippen molar-refractivity contribution in [1.82, 2.24) is 23.9 Å². The highest BCUT2D eigenvalue weighted by molar-refractivity contribution is 7.86. The molecule has 2 aliphatic rings. The summed E-state index contributed by atoms with van der Waals surface area (Å²) in [5.74, 6) is 1.86. The number of nitrogens with zero attached hydrogens (tertiary/aromatic N) is 4. The van der Waals surface area contributed by atoms with E-state index in [9.17, 15) is 8.42 Å². The van der Waals surface area contributed by atoms with Gasteiger partial charge >= 0.3 is 0 Å². The quantitative estimate of drug-likeness (QED) is 0.127. The third kappa shape index (κ3) is 9.99. The lowest BCUT2D eigenvalue weighted by molar-refractivity contribution is 0.234. The molecule has 0 radical (unpaired) electrons. The normalized spacial score (nSPS) is 16.2. The first-order valence-corrected chi connectivity index (χ1v) is 20.3. The van der Waals surface area contributed by atoms with Gasteiger partial charge in [0, 0.05) is 74.3 Å². The molecule has 0 saturated carbocycles. The first-order chi connectivity index (χ1) is 26.3. The van der Waals surface area contributed by atoms with Gasteiger partial charge in [0.1, 0.15) is 11.6 Å². The van der Waals surface area contributed by atoms with Crippen molar-refractivity contribution in [3.05, 3.63) is 145 Å². The molecular weight excluding hydrogens is 727 g/mol. The lowest BCUT2D eigenvalue weighted by Gasteiger charge is -2.42. The van der Waals surface area contributed by atoms with Crippen molar-refractivity contribution in [2.45, 2.75) is 58.8 Å². The van der Waals surface area contributed by atoms with Crippen molar-refractivity contribution in [2.24, 2.45) is 0 Å². The summed E-state index contributed by atoms with van der Waals surface area (Å²) in [5, 5.41) is 15.4. The number of rotatable bonds is 10. The van der Waals surface area contributed by atoms with Gasteiger partial charge in [0.25, 0.3) is 10.2 Å². The maximum atomic E-state index is 12.6.